The van der Waals surface area contributed by atoms with Crippen molar-refractivity contribution in [2.45, 2.75) is 13.0 Å². The molecule has 5 nitrogen and oxygen atoms in total. The summed E-state index contributed by atoms with van der Waals surface area (Å²) in [5.41, 5.74) is 3.62. The molecule has 114 valence electrons. The molecule has 3 aromatic heterocycles. The number of imidazole rings is 1. The molecule has 0 unspecified atom stereocenters. The molecule has 6 heteroatoms. The number of aromatic nitrogens is 4. The van der Waals surface area contributed by atoms with Gasteiger partial charge in [0.2, 0.25) is 4.96 Å². The van der Waals surface area contributed by atoms with Crippen LogP contribution in [-0.2, 0) is 13.0 Å². The van der Waals surface area contributed by atoms with Crippen molar-refractivity contribution < 1.29 is 5.11 Å². The van der Waals surface area contributed by atoms with Gasteiger partial charge in [0.1, 0.15) is 5.01 Å². The molecule has 0 radical (unpaired) electrons. The van der Waals surface area contributed by atoms with E-state index in [9.17, 15) is 5.11 Å². The van der Waals surface area contributed by atoms with Crippen molar-refractivity contribution in [3.63, 3.8) is 0 Å². The number of benzene rings is 1. The first-order valence-electron chi connectivity index (χ1n) is 7.27. The van der Waals surface area contributed by atoms with Crippen LogP contribution in [0.25, 0.3) is 16.2 Å². The zero-order chi connectivity index (χ0) is 15.6. The van der Waals surface area contributed by atoms with Gasteiger partial charge < -0.3 is 5.11 Å². The van der Waals surface area contributed by atoms with Crippen LogP contribution in [0.4, 0.5) is 0 Å². The fourth-order valence-corrected chi connectivity index (χ4v) is 3.50. The van der Waals surface area contributed by atoms with Gasteiger partial charge in [-0.25, -0.2) is 9.50 Å². The predicted octanol–water partition coefficient (Wildman–Crippen LogP) is 2.94. The Morgan fingerprint density at radius 1 is 1.04 bits per heavy atom. The van der Waals surface area contributed by atoms with E-state index in [0.717, 1.165) is 27.6 Å². The van der Waals surface area contributed by atoms with E-state index >= 15 is 0 Å². The summed E-state index contributed by atoms with van der Waals surface area (Å²) in [6, 6.07) is 14.0. The van der Waals surface area contributed by atoms with Crippen molar-refractivity contribution in [1.82, 2.24) is 19.6 Å². The van der Waals surface area contributed by atoms with Crippen molar-refractivity contribution in [3.05, 3.63) is 71.1 Å². The quantitative estimate of drug-likeness (QED) is 0.627. The van der Waals surface area contributed by atoms with Crippen LogP contribution >= 0.6 is 11.3 Å². The molecule has 1 N–H and O–H groups in total. The largest absolute Gasteiger partial charge is 0.390 e. The van der Waals surface area contributed by atoms with Crippen LogP contribution in [-0.4, -0.2) is 24.7 Å². The minimum atomic E-state index is -0.104. The van der Waals surface area contributed by atoms with E-state index in [1.807, 2.05) is 30.3 Å². The van der Waals surface area contributed by atoms with Crippen LogP contribution in [0.2, 0.25) is 0 Å². The molecule has 3 heterocycles. The van der Waals surface area contributed by atoms with Crippen molar-refractivity contribution >= 4 is 16.3 Å². The maximum atomic E-state index is 9.75. The number of nitrogens with zero attached hydrogens (tertiary/aromatic N) is 4. The van der Waals surface area contributed by atoms with Crippen molar-refractivity contribution in [2.75, 3.05) is 0 Å². The van der Waals surface area contributed by atoms with E-state index in [4.69, 9.17) is 0 Å². The first-order chi connectivity index (χ1) is 11.3. The second kappa shape index (κ2) is 5.91. The Labute approximate surface area is 136 Å². The Morgan fingerprint density at radius 3 is 2.57 bits per heavy atom. The van der Waals surface area contributed by atoms with E-state index in [1.54, 1.807) is 28.2 Å². The van der Waals surface area contributed by atoms with E-state index in [2.05, 4.69) is 27.2 Å². The highest BCUT2D eigenvalue weighted by atomic mass is 32.1. The number of pyridine rings is 1. The van der Waals surface area contributed by atoms with Crippen LogP contribution in [0.1, 0.15) is 16.3 Å². The molecule has 0 atom stereocenters. The molecule has 0 bridgehead atoms. The van der Waals surface area contributed by atoms with Gasteiger partial charge in [-0.3, -0.25) is 4.98 Å². The third-order valence-corrected chi connectivity index (χ3v) is 4.55. The fourth-order valence-electron chi connectivity index (χ4n) is 2.55. The standard InChI is InChI=1S/C17H14N4OS/c22-11-14-16(13-6-8-18-9-7-13)19-17-21(14)20-15(23-17)10-12-4-2-1-3-5-12/h1-9,22H,10-11H2. The Kier molecular flexibility index (Phi) is 3.61. The van der Waals surface area contributed by atoms with Crippen molar-refractivity contribution in [1.29, 1.82) is 0 Å². The third kappa shape index (κ3) is 2.62. The maximum absolute atomic E-state index is 9.75. The average Bonchev–Trinajstić information content (AvgIpc) is 3.13. The number of aliphatic hydroxyl groups excluding tert-OH is 1. The van der Waals surface area contributed by atoms with Gasteiger partial charge in [0, 0.05) is 24.4 Å². The van der Waals surface area contributed by atoms with Gasteiger partial charge in [0.15, 0.2) is 0 Å². The zero-order valence-electron chi connectivity index (χ0n) is 12.3. The first kappa shape index (κ1) is 14.0. The molecule has 4 rings (SSSR count). The molecule has 4 aromatic rings. The third-order valence-electron chi connectivity index (χ3n) is 3.64. The van der Waals surface area contributed by atoms with Crippen LogP contribution < -0.4 is 0 Å². The van der Waals surface area contributed by atoms with Gasteiger partial charge in [0.25, 0.3) is 0 Å². The Bertz CT molecular complexity index is 931. The lowest BCUT2D eigenvalue weighted by Gasteiger charge is -2.00. The predicted molar refractivity (Wildman–Crippen MR) is 89.3 cm³/mol. The second-order valence-corrected chi connectivity index (χ2v) is 6.19. The monoisotopic (exact) mass is 322 g/mol. The lowest BCUT2D eigenvalue weighted by Crippen LogP contribution is -1.97. The lowest BCUT2D eigenvalue weighted by atomic mass is 10.1. The minimum absolute atomic E-state index is 0.104. The fraction of sp³-hybridized carbons (Fsp3) is 0.118. The van der Waals surface area contributed by atoms with Crippen molar-refractivity contribution in [3.8, 4) is 11.3 Å². The second-order valence-electron chi connectivity index (χ2n) is 5.15. The van der Waals surface area contributed by atoms with Crippen LogP contribution in [0.5, 0.6) is 0 Å². The van der Waals surface area contributed by atoms with E-state index < -0.39 is 0 Å². The van der Waals surface area contributed by atoms with Crippen LogP contribution in [0.3, 0.4) is 0 Å². The molecule has 0 aliphatic carbocycles. The van der Waals surface area contributed by atoms with Gasteiger partial charge in [-0.1, -0.05) is 41.7 Å². The molecule has 0 fully saturated rings. The van der Waals surface area contributed by atoms with Gasteiger partial charge in [-0.2, -0.15) is 5.10 Å². The lowest BCUT2D eigenvalue weighted by molar-refractivity contribution is 0.275. The molecule has 0 saturated heterocycles. The average molecular weight is 322 g/mol. The Balaban J connectivity index is 1.75. The van der Waals surface area contributed by atoms with Crippen LogP contribution in [0, 0.1) is 0 Å². The van der Waals surface area contributed by atoms with Gasteiger partial charge in [-0.15, -0.1) is 0 Å². The van der Waals surface area contributed by atoms with Crippen LogP contribution in [0.15, 0.2) is 54.9 Å². The molecular formula is C17H14N4OS. The van der Waals surface area contributed by atoms with Crippen molar-refractivity contribution in [2.24, 2.45) is 0 Å². The normalized spacial score (nSPS) is 11.2. The summed E-state index contributed by atoms with van der Waals surface area (Å²) >= 11 is 1.55. The molecule has 0 spiro atoms. The minimum Gasteiger partial charge on any atom is -0.390 e. The Morgan fingerprint density at radius 2 is 1.83 bits per heavy atom. The summed E-state index contributed by atoms with van der Waals surface area (Å²) in [5.74, 6) is 0. The molecule has 0 aliphatic heterocycles. The number of hydrogen-bond donors (Lipinski definition) is 1. The summed E-state index contributed by atoms with van der Waals surface area (Å²) in [6.07, 6.45) is 4.21. The SMILES string of the molecule is OCc1c(-c2ccncc2)nc2sc(Cc3ccccc3)nn12. The zero-order valence-corrected chi connectivity index (χ0v) is 13.1. The molecule has 23 heavy (non-hydrogen) atoms. The number of aliphatic hydroxyl groups is 1. The number of fused-ring (bicyclic) bond motifs is 1. The van der Waals surface area contributed by atoms with E-state index in [1.165, 1.54) is 5.56 Å². The van der Waals surface area contributed by atoms with E-state index in [-0.39, 0.29) is 6.61 Å². The number of hydrogen-bond acceptors (Lipinski definition) is 5. The highest BCUT2D eigenvalue weighted by molar-refractivity contribution is 7.16. The molecule has 0 saturated carbocycles. The van der Waals surface area contributed by atoms with Gasteiger partial charge in [0.05, 0.1) is 18.0 Å². The smallest absolute Gasteiger partial charge is 0.213 e. The van der Waals surface area contributed by atoms with Gasteiger partial charge >= 0.3 is 0 Å². The van der Waals surface area contributed by atoms with E-state index in [0.29, 0.717) is 5.69 Å². The highest BCUT2D eigenvalue weighted by Crippen LogP contribution is 2.27. The molecular weight excluding hydrogens is 308 g/mol. The summed E-state index contributed by atoms with van der Waals surface area (Å²) in [5, 5.41) is 15.4. The highest BCUT2D eigenvalue weighted by Gasteiger charge is 2.17. The summed E-state index contributed by atoms with van der Waals surface area (Å²) in [4.78, 5) is 9.46. The molecule has 0 aliphatic rings. The topological polar surface area (TPSA) is 63.3 Å². The summed E-state index contributed by atoms with van der Waals surface area (Å²) in [6.45, 7) is -0.104. The summed E-state index contributed by atoms with van der Waals surface area (Å²) in [7, 11) is 0. The Hall–Kier alpha value is -2.57. The summed E-state index contributed by atoms with van der Waals surface area (Å²) < 4.78 is 1.75. The van der Waals surface area contributed by atoms with Gasteiger partial charge in [-0.05, 0) is 17.7 Å². The number of rotatable bonds is 4. The molecule has 0 amide bonds. The first-order valence-corrected chi connectivity index (χ1v) is 8.09. The molecule has 1 aromatic carbocycles. The maximum Gasteiger partial charge on any atom is 0.213 e.